The predicted molar refractivity (Wildman–Crippen MR) is 98.0 cm³/mol. The third-order valence-corrected chi connectivity index (χ3v) is 4.08. The highest BCUT2D eigenvalue weighted by Crippen LogP contribution is 2.22. The molecule has 8 heteroatoms. The topological polar surface area (TPSA) is 79.9 Å². The van der Waals surface area contributed by atoms with Gasteiger partial charge >= 0.3 is 6.61 Å². The van der Waals surface area contributed by atoms with Gasteiger partial charge in [-0.1, -0.05) is 18.2 Å². The van der Waals surface area contributed by atoms with Crippen molar-refractivity contribution in [3.63, 3.8) is 0 Å². The lowest BCUT2D eigenvalue weighted by atomic mass is 10.2. The Labute approximate surface area is 154 Å². The van der Waals surface area contributed by atoms with E-state index < -0.39 is 6.61 Å². The number of aryl methyl sites for hydroxylation is 1. The Kier molecular flexibility index (Phi) is 5.44. The van der Waals surface area contributed by atoms with Crippen molar-refractivity contribution in [2.75, 3.05) is 5.32 Å². The number of aromatic nitrogens is 3. The maximum Gasteiger partial charge on any atom is 0.387 e. The Morgan fingerprint density at radius 2 is 1.96 bits per heavy atom. The molecule has 3 aromatic rings. The Bertz CT molecular complexity index is 988. The quantitative estimate of drug-likeness (QED) is 0.690. The first-order valence-corrected chi connectivity index (χ1v) is 8.24. The lowest BCUT2D eigenvalue weighted by Crippen LogP contribution is -2.14. The molecule has 140 valence electrons. The van der Waals surface area contributed by atoms with Crippen LogP contribution in [0.15, 0.2) is 47.4 Å². The van der Waals surface area contributed by atoms with Gasteiger partial charge in [-0.3, -0.25) is 4.79 Å². The summed E-state index contributed by atoms with van der Waals surface area (Å²) >= 11 is 0. The van der Waals surface area contributed by atoms with Gasteiger partial charge in [-0.2, -0.15) is 8.78 Å². The van der Waals surface area contributed by atoms with Crippen molar-refractivity contribution in [3.8, 4) is 17.1 Å². The second kappa shape index (κ2) is 7.94. The zero-order valence-corrected chi connectivity index (χ0v) is 14.8. The number of halogens is 2. The average molecular weight is 372 g/mol. The molecule has 6 nitrogen and oxygen atoms in total. The second-order valence-electron chi connectivity index (χ2n) is 5.90. The summed E-state index contributed by atoms with van der Waals surface area (Å²) in [4.78, 5) is 23.2. The maximum atomic E-state index is 12.5. The molecular formula is C19H18F2N4O2. The highest BCUT2D eigenvalue weighted by Gasteiger charge is 2.10. The summed E-state index contributed by atoms with van der Waals surface area (Å²) < 4.78 is 29.4. The predicted octanol–water partition coefficient (Wildman–Crippen LogP) is 3.66. The smallest absolute Gasteiger partial charge is 0.387 e. The number of alkyl halides is 2. The van der Waals surface area contributed by atoms with Crippen LogP contribution in [0.25, 0.3) is 11.4 Å². The number of H-pyrrole nitrogens is 1. The zero-order chi connectivity index (χ0) is 19.4. The van der Waals surface area contributed by atoms with Crippen LogP contribution in [-0.2, 0) is 6.54 Å². The van der Waals surface area contributed by atoms with Crippen LogP contribution in [0.2, 0.25) is 0 Å². The van der Waals surface area contributed by atoms with Crippen LogP contribution < -0.4 is 15.6 Å². The third-order valence-electron chi connectivity index (χ3n) is 4.08. The molecule has 0 aliphatic heterocycles. The SMILES string of the molecule is Cc1nc(-c2ccc(NCc3ccccc3OC(F)F)nc2)[nH]c(=O)c1C. The molecule has 0 aliphatic rings. The number of anilines is 1. The van der Waals surface area contributed by atoms with E-state index in [1.807, 2.05) is 0 Å². The van der Waals surface area contributed by atoms with Gasteiger partial charge in [0.25, 0.3) is 5.56 Å². The summed E-state index contributed by atoms with van der Waals surface area (Å²) in [6.07, 6.45) is 1.58. The van der Waals surface area contributed by atoms with Gasteiger partial charge in [0.1, 0.15) is 17.4 Å². The van der Waals surface area contributed by atoms with Gasteiger partial charge < -0.3 is 15.0 Å². The minimum absolute atomic E-state index is 0.119. The van der Waals surface area contributed by atoms with Gasteiger partial charge in [0.2, 0.25) is 0 Å². The molecule has 0 unspecified atom stereocenters. The van der Waals surface area contributed by atoms with Crippen LogP contribution in [0.4, 0.5) is 14.6 Å². The van der Waals surface area contributed by atoms with Crippen molar-refractivity contribution in [1.82, 2.24) is 15.0 Å². The molecule has 3 rings (SSSR count). The van der Waals surface area contributed by atoms with E-state index in [0.29, 0.717) is 34.0 Å². The van der Waals surface area contributed by atoms with E-state index in [9.17, 15) is 13.6 Å². The van der Waals surface area contributed by atoms with Crippen molar-refractivity contribution < 1.29 is 13.5 Å². The number of rotatable bonds is 6. The maximum absolute atomic E-state index is 12.5. The van der Waals surface area contributed by atoms with E-state index in [2.05, 4.69) is 25.0 Å². The fourth-order valence-corrected chi connectivity index (χ4v) is 2.47. The van der Waals surface area contributed by atoms with E-state index in [0.717, 1.165) is 0 Å². The number of nitrogens with zero attached hydrogens (tertiary/aromatic N) is 2. The number of hydrogen-bond acceptors (Lipinski definition) is 5. The molecule has 0 amide bonds. The van der Waals surface area contributed by atoms with Crippen LogP contribution in [0.3, 0.4) is 0 Å². The van der Waals surface area contributed by atoms with Crippen LogP contribution in [0.5, 0.6) is 5.75 Å². The molecule has 0 spiro atoms. The van der Waals surface area contributed by atoms with Gasteiger partial charge in [0.15, 0.2) is 0 Å². The summed E-state index contributed by atoms with van der Waals surface area (Å²) in [7, 11) is 0. The highest BCUT2D eigenvalue weighted by atomic mass is 19.3. The van der Waals surface area contributed by atoms with Gasteiger partial charge in [0, 0.05) is 35.1 Å². The number of aromatic amines is 1. The van der Waals surface area contributed by atoms with Crippen molar-refractivity contribution in [2.45, 2.75) is 27.0 Å². The molecule has 0 aliphatic carbocycles. The van der Waals surface area contributed by atoms with E-state index in [-0.39, 0.29) is 17.9 Å². The van der Waals surface area contributed by atoms with Gasteiger partial charge in [-0.05, 0) is 32.0 Å². The Balaban J connectivity index is 1.73. The molecule has 0 saturated carbocycles. The molecule has 2 aromatic heterocycles. The molecule has 0 atom stereocenters. The molecule has 0 saturated heterocycles. The van der Waals surface area contributed by atoms with Crippen LogP contribution in [0, 0.1) is 13.8 Å². The van der Waals surface area contributed by atoms with Crippen molar-refractivity contribution in [2.24, 2.45) is 0 Å². The van der Waals surface area contributed by atoms with Crippen LogP contribution >= 0.6 is 0 Å². The van der Waals surface area contributed by atoms with E-state index >= 15 is 0 Å². The van der Waals surface area contributed by atoms with E-state index in [1.54, 1.807) is 50.4 Å². The number of para-hydroxylation sites is 1. The van der Waals surface area contributed by atoms with E-state index in [1.165, 1.54) is 6.07 Å². The first kappa shape index (κ1) is 18.5. The normalized spacial score (nSPS) is 10.9. The summed E-state index contributed by atoms with van der Waals surface area (Å²) in [5.74, 6) is 1.11. The number of nitrogens with one attached hydrogen (secondary N) is 2. The monoisotopic (exact) mass is 372 g/mol. The number of ether oxygens (including phenoxy) is 1. The second-order valence-corrected chi connectivity index (χ2v) is 5.90. The molecule has 2 heterocycles. The molecular weight excluding hydrogens is 354 g/mol. The molecule has 0 radical (unpaired) electrons. The standard InChI is InChI=1S/C19H18F2N4O2/c1-11-12(2)24-17(25-18(11)26)14-7-8-16(23-10-14)22-9-13-5-3-4-6-15(13)27-19(20)21/h3-8,10,19H,9H2,1-2H3,(H,22,23)(H,24,25,26). The highest BCUT2D eigenvalue weighted by molar-refractivity contribution is 5.56. The summed E-state index contributed by atoms with van der Waals surface area (Å²) in [5.41, 5.74) is 2.31. The minimum atomic E-state index is -2.88. The molecule has 0 bridgehead atoms. The third kappa shape index (κ3) is 4.46. The van der Waals surface area contributed by atoms with E-state index in [4.69, 9.17) is 0 Å². The Hall–Kier alpha value is -3.29. The van der Waals surface area contributed by atoms with Crippen LogP contribution in [0.1, 0.15) is 16.8 Å². The number of benzene rings is 1. The molecule has 27 heavy (non-hydrogen) atoms. The summed E-state index contributed by atoms with van der Waals surface area (Å²) in [5, 5.41) is 3.06. The largest absolute Gasteiger partial charge is 0.434 e. The van der Waals surface area contributed by atoms with Crippen molar-refractivity contribution >= 4 is 5.82 Å². The summed E-state index contributed by atoms with van der Waals surface area (Å²) in [6, 6.07) is 10.1. The summed E-state index contributed by atoms with van der Waals surface area (Å²) in [6.45, 7) is 0.881. The van der Waals surface area contributed by atoms with Gasteiger partial charge in [-0.25, -0.2) is 9.97 Å². The lowest BCUT2D eigenvalue weighted by Gasteiger charge is -2.12. The van der Waals surface area contributed by atoms with Crippen molar-refractivity contribution in [1.29, 1.82) is 0 Å². The Morgan fingerprint density at radius 1 is 1.19 bits per heavy atom. The molecule has 2 N–H and O–H groups in total. The van der Waals surface area contributed by atoms with Gasteiger partial charge in [-0.15, -0.1) is 0 Å². The number of pyridine rings is 1. The fourth-order valence-electron chi connectivity index (χ4n) is 2.47. The Morgan fingerprint density at radius 3 is 2.63 bits per heavy atom. The fraction of sp³-hybridized carbons (Fsp3) is 0.211. The van der Waals surface area contributed by atoms with Crippen molar-refractivity contribution in [3.05, 3.63) is 69.8 Å². The van der Waals surface area contributed by atoms with Crippen LogP contribution in [-0.4, -0.2) is 21.6 Å². The zero-order valence-electron chi connectivity index (χ0n) is 14.8. The average Bonchev–Trinajstić information content (AvgIpc) is 2.65. The molecule has 1 aromatic carbocycles. The first-order valence-electron chi connectivity index (χ1n) is 8.24. The first-order chi connectivity index (χ1) is 12.9. The lowest BCUT2D eigenvalue weighted by molar-refractivity contribution is -0.0504. The molecule has 0 fully saturated rings. The van der Waals surface area contributed by atoms with Gasteiger partial charge in [0.05, 0.1) is 0 Å². The number of hydrogen-bond donors (Lipinski definition) is 2. The minimum Gasteiger partial charge on any atom is -0.434 e.